The number of ether oxygens (including phenoxy) is 1. The van der Waals surface area contributed by atoms with Gasteiger partial charge < -0.3 is 15.4 Å². The van der Waals surface area contributed by atoms with Crippen LogP contribution in [0, 0.1) is 0 Å². The lowest BCUT2D eigenvalue weighted by molar-refractivity contribution is -0.118. The molecule has 0 bridgehead atoms. The molecule has 3 rings (SSSR count). The van der Waals surface area contributed by atoms with Crippen LogP contribution in [0.25, 0.3) is 0 Å². The fourth-order valence-electron chi connectivity index (χ4n) is 3.33. The van der Waals surface area contributed by atoms with E-state index >= 15 is 0 Å². The number of anilines is 2. The number of amides is 2. The van der Waals surface area contributed by atoms with E-state index in [-0.39, 0.29) is 17.7 Å². The number of benzene rings is 2. The van der Waals surface area contributed by atoms with Crippen molar-refractivity contribution in [2.75, 3.05) is 17.7 Å². The van der Waals surface area contributed by atoms with E-state index in [1.165, 1.54) is 19.6 Å². The molecule has 130 valence electrons. The van der Waals surface area contributed by atoms with E-state index in [1.807, 2.05) is 18.2 Å². The predicted molar refractivity (Wildman–Crippen MR) is 98.0 cm³/mol. The minimum atomic E-state index is -0.192. The molecule has 0 aliphatic heterocycles. The average Bonchev–Trinajstić information content (AvgIpc) is 2.61. The highest BCUT2D eigenvalue weighted by Gasteiger charge is 2.26. The average molecular weight is 338 g/mol. The molecule has 0 heterocycles. The SMILES string of the molecule is COc1ccc(NC(=O)C2CCCc3ccccc32)cc1NC(C)=O. The Morgan fingerprint density at radius 2 is 1.92 bits per heavy atom. The summed E-state index contributed by atoms with van der Waals surface area (Å²) in [5, 5.41) is 5.69. The molecule has 2 aromatic rings. The van der Waals surface area contributed by atoms with E-state index in [1.54, 1.807) is 18.2 Å². The first-order valence-electron chi connectivity index (χ1n) is 8.43. The fourth-order valence-corrected chi connectivity index (χ4v) is 3.33. The monoisotopic (exact) mass is 338 g/mol. The highest BCUT2D eigenvalue weighted by atomic mass is 16.5. The molecule has 0 fully saturated rings. The molecule has 0 spiro atoms. The van der Waals surface area contributed by atoms with Gasteiger partial charge in [0.05, 0.1) is 18.7 Å². The molecule has 2 amide bonds. The van der Waals surface area contributed by atoms with Crippen molar-refractivity contribution in [3.63, 3.8) is 0 Å². The summed E-state index contributed by atoms with van der Waals surface area (Å²) in [7, 11) is 1.54. The van der Waals surface area contributed by atoms with Gasteiger partial charge in [-0.05, 0) is 48.6 Å². The van der Waals surface area contributed by atoms with Crippen molar-refractivity contribution in [1.29, 1.82) is 0 Å². The number of fused-ring (bicyclic) bond motifs is 1. The molecule has 25 heavy (non-hydrogen) atoms. The normalized spacial score (nSPS) is 15.8. The maximum Gasteiger partial charge on any atom is 0.231 e. The molecule has 1 unspecified atom stereocenters. The van der Waals surface area contributed by atoms with E-state index in [9.17, 15) is 9.59 Å². The van der Waals surface area contributed by atoms with E-state index < -0.39 is 0 Å². The van der Waals surface area contributed by atoms with Gasteiger partial charge in [0.1, 0.15) is 5.75 Å². The Morgan fingerprint density at radius 3 is 2.68 bits per heavy atom. The maximum atomic E-state index is 12.8. The van der Waals surface area contributed by atoms with Crippen LogP contribution in [0.2, 0.25) is 0 Å². The Hall–Kier alpha value is -2.82. The van der Waals surface area contributed by atoms with Crippen molar-refractivity contribution in [3.8, 4) is 5.75 Å². The summed E-state index contributed by atoms with van der Waals surface area (Å²) in [5.41, 5.74) is 3.54. The third-order valence-corrected chi connectivity index (χ3v) is 4.46. The third-order valence-electron chi connectivity index (χ3n) is 4.46. The van der Waals surface area contributed by atoms with Gasteiger partial charge in [-0.3, -0.25) is 9.59 Å². The quantitative estimate of drug-likeness (QED) is 0.893. The second-order valence-electron chi connectivity index (χ2n) is 6.23. The number of hydrogen-bond acceptors (Lipinski definition) is 3. The first-order chi connectivity index (χ1) is 12.1. The smallest absolute Gasteiger partial charge is 0.231 e. The number of aryl methyl sites for hydroxylation is 1. The molecule has 0 aromatic heterocycles. The van der Waals surface area contributed by atoms with Crippen molar-refractivity contribution in [1.82, 2.24) is 0 Å². The van der Waals surface area contributed by atoms with Gasteiger partial charge in [0.2, 0.25) is 11.8 Å². The number of nitrogens with one attached hydrogen (secondary N) is 2. The topological polar surface area (TPSA) is 67.4 Å². The Morgan fingerprint density at radius 1 is 1.12 bits per heavy atom. The molecule has 5 heteroatoms. The van der Waals surface area contributed by atoms with E-state index in [0.29, 0.717) is 17.1 Å². The molecule has 5 nitrogen and oxygen atoms in total. The summed E-state index contributed by atoms with van der Waals surface area (Å²) >= 11 is 0. The molecule has 0 radical (unpaired) electrons. The number of hydrogen-bond donors (Lipinski definition) is 2. The highest BCUT2D eigenvalue weighted by molar-refractivity contribution is 5.98. The van der Waals surface area contributed by atoms with Crippen molar-refractivity contribution in [3.05, 3.63) is 53.6 Å². The summed E-state index contributed by atoms with van der Waals surface area (Å²) in [5.74, 6) is 0.196. The Balaban J connectivity index is 1.81. The molecule has 1 atom stereocenters. The van der Waals surface area contributed by atoms with Crippen LogP contribution >= 0.6 is 0 Å². The Bertz CT molecular complexity index is 801. The summed E-state index contributed by atoms with van der Waals surface area (Å²) in [6.45, 7) is 1.43. The van der Waals surface area contributed by atoms with Gasteiger partial charge in [-0.1, -0.05) is 24.3 Å². The van der Waals surface area contributed by atoms with Gasteiger partial charge in [-0.25, -0.2) is 0 Å². The lowest BCUT2D eigenvalue weighted by atomic mass is 9.82. The molecular formula is C20H22N2O3. The standard InChI is InChI=1S/C20H22N2O3/c1-13(23)21-18-12-15(10-11-19(18)25-2)22-20(24)17-9-5-7-14-6-3-4-8-16(14)17/h3-4,6,8,10-12,17H,5,7,9H2,1-2H3,(H,21,23)(H,22,24). The van der Waals surface area contributed by atoms with Gasteiger partial charge in [0.15, 0.2) is 0 Å². The first-order valence-corrected chi connectivity index (χ1v) is 8.43. The van der Waals surface area contributed by atoms with Gasteiger partial charge in [-0.2, -0.15) is 0 Å². The molecular weight excluding hydrogens is 316 g/mol. The predicted octanol–water partition coefficient (Wildman–Crippen LogP) is 3.71. The lowest BCUT2D eigenvalue weighted by Crippen LogP contribution is -2.24. The summed E-state index contributed by atoms with van der Waals surface area (Å²) in [6, 6.07) is 13.3. The summed E-state index contributed by atoms with van der Waals surface area (Å²) in [4.78, 5) is 24.1. The van der Waals surface area contributed by atoms with Gasteiger partial charge >= 0.3 is 0 Å². The highest BCUT2D eigenvalue weighted by Crippen LogP contribution is 2.33. The van der Waals surface area contributed by atoms with Gasteiger partial charge in [0, 0.05) is 12.6 Å². The Labute approximate surface area is 147 Å². The van der Waals surface area contributed by atoms with Crippen LogP contribution in [-0.2, 0) is 16.0 Å². The van der Waals surface area contributed by atoms with Crippen molar-refractivity contribution < 1.29 is 14.3 Å². The second-order valence-corrected chi connectivity index (χ2v) is 6.23. The second kappa shape index (κ2) is 7.38. The van der Waals surface area contributed by atoms with Crippen LogP contribution in [0.3, 0.4) is 0 Å². The van der Waals surface area contributed by atoms with Crippen LogP contribution in [0.15, 0.2) is 42.5 Å². The van der Waals surface area contributed by atoms with Crippen molar-refractivity contribution in [2.45, 2.75) is 32.1 Å². The first kappa shape index (κ1) is 17.0. The largest absolute Gasteiger partial charge is 0.495 e. The fraction of sp³-hybridized carbons (Fsp3) is 0.300. The molecule has 1 aliphatic carbocycles. The van der Waals surface area contributed by atoms with Crippen LogP contribution < -0.4 is 15.4 Å². The van der Waals surface area contributed by atoms with Crippen molar-refractivity contribution >= 4 is 23.2 Å². The van der Waals surface area contributed by atoms with Crippen LogP contribution in [-0.4, -0.2) is 18.9 Å². The number of methoxy groups -OCH3 is 1. The molecule has 0 saturated heterocycles. The molecule has 2 aromatic carbocycles. The summed E-state index contributed by atoms with van der Waals surface area (Å²) < 4.78 is 5.24. The van der Waals surface area contributed by atoms with Crippen LogP contribution in [0.5, 0.6) is 5.75 Å². The van der Waals surface area contributed by atoms with Crippen LogP contribution in [0.4, 0.5) is 11.4 Å². The van der Waals surface area contributed by atoms with E-state index in [2.05, 4.69) is 16.7 Å². The number of carbonyl (C=O) groups is 2. The van der Waals surface area contributed by atoms with Gasteiger partial charge in [0.25, 0.3) is 0 Å². The molecule has 0 saturated carbocycles. The molecule has 1 aliphatic rings. The zero-order valence-electron chi connectivity index (χ0n) is 14.5. The third kappa shape index (κ3) is 3.82. The van der Waals surface area contributed by atoms with E-state index in [0.717, 1.165) is 24.8 Å². The molecule has 2 N–H and O–H groups in total. The van der Waals surface area contributed by atoms with Gasteiger partial charge in [-0.15, -0.1) is 0 Å². The minimum absolute atomic E-state index is 0.0221. The maximum absolute atomic E-state index is 12.8. The minimum Gasteiger partial charge on any atom is -0.495 e. The van der Waals surface area contributed by atoms with Crippen LogP contribution in [0.1, 0.15) is 36.8 Å². The lowest BCUT2D eigenvalue weighted by Gasteiger charge is -2.24. The zero-order chi connectivity index (χ0) is 17.8. The zero-order valence-corrected chi connectivity index (χ0v) is 14.5. The van der Waals surface area contributed by atoms with Crippen molar-refractivity contribution in [2.24, 2.45) is 0 Å². The summed E-state index contributed by atoms with van der Waals surface area (Å²) in [6.07, 6.45) is 2.88. The number of rotatable bonds is 4. The number of carbonyl (C=O) groups excluding carboxylic acids is 2. The van der Waals surface area contributed by atoms with E-state index in [4.69, 9.17) is 4.74 Å². The Kier molecular flexibility index (Phi) is 5.03.